The van der Waals surface area contributed by atoms with Gasteiger partial charge >= 0.3 is 0 Å². The summed E-state index contributed by atoms with van der Waals surface area (Å²) in [5.41, 5.74) is 2.59. The van der Waals surface area contributed by atoms with E-state index in [-0.39, 0.29) is 0 Å². The minimum Gasteiger partial charge on any atom is -0.438 e. The number of rotatable bonds is 5. The molecule has 104 valence electrons. The highest BCUT2D eigenvalue weighted by atomic mass is 16.5. The molecule has 0 spiro atoms. The van der Waals surface area contributed by atoms with E-state index in [0.717, 1.165) is 24.0 Å². The lowest BCUT2D eigenvalue weighted by molar-refractivity contribution is 0.112. The van der Waals surface area contributed by atoms with Crippen molar-refractivity contribution in [3.63, 3.8) is 0 Å². The molecule has 0 saturated heterocycles. The summed E-state index contributed by atoms with van der Waals surface area (Å²) in [5.74, 6) is 1.81. The van der Waals surface area contributed by atoms with Gasteiger partial charge in [-0.2, -0.15) is 0 Å². The van der Waals surface area contributed by atoms with E-state index in [9.17, 15) is 4.79 Å². The third-order valence-electron chi connectivity index (χ3n) is 3.46. The first kappa shape index (κ1) is 14.3. The number of hydrogen-bond acceptors (Lipinski definition) is 3. The lowest BCUT2D eigenvalue weighted by Gasteiger charge is -2.15. The third kappa shape index (κ3) is 3.05. The molecule has 2 rings (SSSR count). The number of hydrogen-bond donors (Lipinski definition) is 0. The molecule has 0 aliphatic heterocycles. The number of benzene rings is 1. The Morgan fingerprint density at radius 3 is 2.75 bits per heavy atom. The van der Waals surface area contributed by atoms with Gasteiger partial charge in [0.1, 0.15) is 5.75 Å². The summed E-state index contributed by atoms with van der Waals surface area (Å²) >= 11 is 0. The van der Waals surface area contributed by atoms with Crippen molar-refractivity contribution in [1.82, 2.24) is 4.98 Å². The number of aldehydes is 1. The van der Waals surface area contributed by atoms with Gasteiger partial charge in [-0.05, 0) is 37.0 Å². The van der Waals surface area contributed by atoms with E-state index < -0.39 is 0 Å². The van der Waals surface area contributed by atoms with Gasteiger partial charge in [-0.15, -0.1) is 0 Å². The van der Waals surface area contributed by atoms with Crippen LogP contribution in [0.15, 0.2) is 36.5 Å². The minimum absolute atomic E-state index is 0.431. The van der Waals surface area contributed by atoms with Crippen LogP contribution >= 0.6 is 0 Å². The number of aryl methyl sites for hydroxylation is 1. The Bertz CT molecular complexity index is 608. The maximum atomic E-state index is 10.7. The molecule has 0 saturated carbocycles. The van der Waals surface area contributed by atoms with Crippen molar-refractivity contribution >= 4 is 6.29 Å². The number of aromatic nitrogens is 1. The molecule has 0 aliphatic rings. The molecule has 1 aromatic carbocycles. The molecule has 2 aromatic rings. The molecular formula is C17H19NO2. The maximum Gasteiger partial charge on any atom is 0.222 e. The van der Waals surface area contributed by atoms with Crippen molar-refractivity contribution in [1.29, 1.82) is 0 Å². The molecule has 0 bridgehead atoms. The van der Waals surface area contributed by atoms with Crippen LogP contribution in [0.5, 0.6) is 11.6 Å². The van der Waals surface area contributed by atoms with Crippen LogP contribution in [0.2, 0.25) is 0 Å². The molecule has 1 atom stereocenters. The molecule has 1 unspecified atom stereocenters. The Balaban J connectivity index is 2.33. The average Bonchev–Trinajstić information content (AvgIpc) is 2.49. The van der Waals surface area contributed by atoms with Gasteiger partial charge in [0.15, 0.2) is 6.29 Å². The molecule has 3 nitrogen and oxygen atoms in total. The highest BCUT2D eigenvalue weighted by Gasteiger charge is 2.12. The standard InChI is InChI=1S/C17H19NO2/c1-4-12(2)15-7-5-6-8-16(15)20-17-13(3)9-14(11-19)10-18-17/h5-12H,4H2,1-3H3. The summed E-state index contributed by atoms with van der Waals surface area (Å²) in [5, 5.41) is 0. The minimum atomic E-state index is 0.431. The van der Waals surface area contributed by atoms with E-state index in [0.29, 0.717) is 17.4 Å². The maximum absolute atomic E-state index is 10.7. The van der Waals surface area contributed by atoms with Gasteiger partial charge in [0.05, 0.1) is 0 Å². The van der Waals surface area contributed by atoms with Crippen molar-refractivity contribution in [3.8, 4) is 11.6 Å². The van der Waals surface area contributed by atoms with Crippen LogP contribution < -0.4 is 4.74 Å². The zero-order valence-electron chi connectivity index (χ0n) is 12.1. The van der Waals surface area contributed by atoms with Gasteiger partial charge in [0, 0.05) is 17.3 Å². The van der Waals surface area contributed by atoms with Crippen LogP contribution in [0.4, 0.5) is 0 Å². The van der Waals surface area contributed by atoms with E-state index in [1.165, 1.54) is 11.8 Å². The van der Waals surface area contributed by atoms with Crippen molar-refractivity contribution in [2.45, 2.75) is 33.1 Å². The molecule has 0 fully saturated rings. The van der Waals surface area contributed by atoms with Crippen molar-refractivity contribution < 1.29 is 9.53 Å². The molecule has 20 heavy (non-hydrogen) atoms. The summed E-state index contributed by atoms with van der Waals surface area (Å²) < 4.78 is 5.94. The van der Waals surface area contributed by atoms with Gasteiger partial charge in [-0.3, -0.25) is 4.79 Å². The van der Waals surface area contributed by atoms with E-state index in [1.54, 1.807) is 6.07 Å². The Labute approximate surface area is 119 Å². The molecule has 3 heteroatoms. The van der Waals surface area contributed by atoms with Crippen LogP contribution in [-0.2, 0) is 0 Å². The molecule has 1 aromatic heterocycles. The quantitative estimate of drug-likeness (QED) is 0.750. The Kier molecular flexibility index (Phi) is 4.51. The zero-order valence-corrected chi connectivity index (χ0v) is 12.1. The van der Waals surface area contributed by atoms with Crippen molar-refractivity contribution in [2.24, 2.45) is 0 Å². The van der Waals surface area contributed by atoms with E-state index >= 15 is 0 Å². The van der Waals surface area contributed by atoms with Crippen LogP contribution in [0.25, 0.3) is 0 Å². The fraction of sp³-hybridized carbons (Fsp3) is 0.294. The second-order valence-corrected chi connectivity index (χ2v) is 4.96. The predicted molar refractivity (Wildman–Crippen MR) is 79.6 cm³/mol. The Morgan fingerprint density at radius 1 is 1.35 bits per heavy atom. The van der Waals surface area contributed by atoms with E-state index in [4.69, 9.17) is 4.74 Å². The molecule has 0 aliphatic carbocycles. The first-order valence-corrected chi connectivity index (χ1v) is 6.84. The number of nitrogens with zero attached hydrogens (tertiary/aromatic N) is 1. The number of ether oxygens (including phenoxy) is 1. The fourth-order valence-corrected chi connectivity index (χ4v) is 2.06. The van der Waals surface area contributed by atoms with Gasteiger partial charge in [-0.25, -0.2) is 4.98 Å². The highest BCUT2D eigenvalue weighted by Crippen LogP contribution is 2.32. The summed E-state index contributed by atoms with van der Waals surface area (Å²) in [7, 11) is 0. The first-order valence-electron chi connectivity index (χ1n) is 6.84. The number of pyridine rings is 1. The van der Waals surface area contributed by atoms with Gasteiger partial charge < -0.3 is 4.74 Å². The van der Waals surface area contributed by atoms with Gasteiger partial charge in [0.2, 0.25) is 5.88 Å². The van der Waals surface area contributed by atoms with Crippen LogP contribution in [0.3, 0.4) is 0 Å². The summed E-state index contributed by atoms with van der Waals surface area (Å²) in [6.45, 7) is 6.23. The van der Waals surface area contributed by atoms with Crippen molar-refractivity contribution in [3.05, 3.63) is 53.2 Å². The van der Waals surface area contributed by atoms with Crippen LogP contribution in [0.1, 0.15) is 47.7 Å². The first-order chi connectivity index (χ1) is 9.65. The molecule has 0 radical (unpaired) electrons. The smallest absolute Gasteiger partial charge is 0.222 e. The van der Waals surface area contributed by atoms with Gasteiger partial charge in [0.25, 0.3) is 0 Å². The summed E-state index contributed by atoms with van der Waals surface area (Å²) in [6, 6.07) is 9.79. The Morgan fingerprint density at radius 2 is 2.10 bits per heavy atom. The zero-order chi connectivity index (χ0) is 14.5. The average molecular weight is 269 g/mol. The van der Waals surface area contributed by atoms with Crippen LogP contribution in [0, 0.1) is 6.92 Å². The second kappa shape index (κ2) is 6.33. The third-order valence-corrected chi connectivity index (χ3v) is 3.46. The second-order valence-electron chi connectivity index (χ2n) is 4.96. The largest absolute Gasteiger partial charge is 0.438 e. The lowest BCUT2D eigenvalue weighted by atomic mass is 9.98. The topological polar surface area (TPSA) is 39.2 Å². The normalized spacial score (nSPS) is 11.9. The van der Waals surface area contributed by atoms with E-state index in [1.807, 2.05) is 25.1 Å². The molecule has 0 amide bonds. The molecule has 0 N–H and O–H groups in total. The van der Waals surface area contributed by atoms with Gasteiger partial charge in [-0.1, -0.05) is 32.0 Å². The van der Waals surface area contributed by atoms with Crippen LogP contribution in [-0.4, -0.2) is 11.3 Å². The summed E-state index contributed by atoms with van der Waals surface area (Å²) in [4.78, 5) is 14.9. The number of carbonyl (C=O) groups excluding carboxylic acids is 1. The SMILES string of the molecule is CCC(C)c1ccccc1Oc1ncc(C=O)cc1C. The lowest BCUT2D eigenvalue weighted by Crippen LogP contribution is -1.98. The number of carbonyl (C=O) groups is 1. The Hall–Kier alpha value is -2.16. The fourth-order valence-electron chi connectivity index (χ4n) is 2.06. The monoisotopic (exact) mass is 269 g/mol. The van der Waals surface area contributed by atoms with Crippen molar-refractivity contribution in [2.75, 3.05) is 0 Å². The predicted octanol–water partition coefficient (Wildman–Crippen LogP) is 4.51. The number of para-hydroxylation sites is 1. The molecular weight excluding hydrogens is 250 g/mol. The molecule has 1 heterocycles. The van der Waals surface area contributed by atoms with E-state index in [2.05, 4.69) is 24.9 Å². The highest BCUT2D eigenvalue weighted by molar-refractivity contribution is 5.74. The summed E-state index contributed by atoms with van der Waals surface area (Å²) in [6.07, 6.45) is 3.37.